The average molecular weight is 375 g/mol. The number of pyridine rings is 1. The molecule has 7 heteroatoms. The van der Waals surface area contributed by atoms with Crippen molar-refractivity contribution >= 4 is 34.3 Å². The molecule has 0 saturated carbocycles. The molecule has 3 aromatic rings. The first kappa shape index (κ1) is 18.3. The predicted octanol–water partition coefficient (Wildman–Crippen LogP) is 3.88. The molecule has 0 aliphatic rings. The van der Waals surface area contributed by atoms with Crippen LogP contribution < -0.4 is 11.1 Å². The number of nitriles is 1. The molecule has 2 aromatic heterocycles. The number of nitrogens with zero attached hydrogens (tertiary/aromatic N) is 2. The summed E-state index contributed by atoms with van der Waals surface area (Å²) in [6.45, 7) is 3.75. The molecule has 1 amide bonds. The quantitative estimate of drug-likeness (QED) is 0.474. The van der Waals surface area contributed by atoms with Crippen molar-refractivity contribution < 1.29 is 4.79 Å². The Labute approximate surface area is 160 Å². The van der Waals surface area contributed by atoms with Crippen molar-refractivity contribution in [3.05, 3.63) is 74.7 Å². The lowest BCUT2D eigenvalue weighted by atomic mass is 10.0. The Hall–Kier alpha value is -3.50. The van der Waals surface area contributed by atoms with E-state index in [9.17, 15) is 4.79 Å². The Bertz CT molecular complexity index is 1090. The SMILES string of the molecule is Cc1cnc(C(=O)Nc2ccc(N)c(C(=N)c3cc(C#N)cs3)c2)c(C)c1. The van der Waals surface area contributed by atoms with Crippen molar-refractivity contribution in [1.82, 2.24) is 4.98 Å². The third-order valence-corrected chi connectivity index (χ3v) is 4.93. The number of anilines is 2. The summed E-state index contributed by atoms with van der Waals surface area (Å²) in [5.41, 5.74) is 10.3. The van der Waals surface area contributed by atoms with Gasteiger partial charge in [-0.1, -0.05) is 6.07 Å². The van der Waals surface area contributed by atoms with Gasteiger partial charge in [-0.25, -0.2) is 0 Å². The first-order valence-electron chi connectivity index (χ1n) is 8.11. The van der Waals surface area contributed by atoms with Gasteiger partial charge < -0.3 is 11.1 Å². The molecular formula is C20H17N5OS. The molecule has 0 atom stereocenters. The van der Waals surface area contributed by atoms with Crippen molar-refractivity contribution in [2.45, 2.75) is 13.8 Å². The molecule has 3 rings (SSSR count). The lowest BCUT2D eigenvalue weighted by Crippen LogP contribution is -2.16. The van der Waals surface area contributed by atoms with E-state index in [-0.39, 0.29) is 11.6 Å². The van der Waals surface area contributed by atoms with E-state index >= 15 is 0 Å². The van der Waals surface area contributed by atoms with Crippen molar-refractivity contribution in [3.63, 3.8) is 0 Å². The van der Waals surface area contributed by atoms with Crippen LogP contribution in [0.4, 0.5) is 11.4 Å². The maximum atomic E-state index is 12.5. The van der Waals surface area contributed by atoms with Gasteiger partial charge in [-0.05, 0) is 49.2 Å². The lowest BCUT2D eigenvalue weighted by Gasteiger charge is -2.11. The largest absolute Gasteiger partial charge is 0.398 e. The second-order valence-corrected chi connectivity index (χ2v) is 7.03. The van der Waals surface area contributed by atoms with E-state index < -0.39 is 0 Å². The highest BCUT2D eigenvalue weighted by Crippen LogP contribution is 2.25. The molecular weight excluding hydrogens is 358 g/mol. The molecule has 0 fully saturated rings. The molecule has 4 N–H and O–H groups in total. The standard InChI is InChI=1S/C20H17N5OS/c1-11-5-12(2)19(24-9-11)20(26)25-14-3-4-16(22)15(7-14)18(23)17-6-13(8-21)10-27-17/h3-7,9-10,23H,22H2,1-2H3,(H,25,26). The van der Waals surface area contributed by atoms with E-state index in [2.05, 4.69) is 16.4 Å². The van der Waals surface area contributed by atoms with Gasteiger partial charge in [-0.2, -0.15) is 5.26 Å². The van der Waals surface area contributed by atoms with E-state index in [1.54, 1.807) is 35.8 Å². The number of benzene rings is 1. The Morgan fingerprint density at radius 1 is 1.30 bits per heavy atom. The highest BCUT2D eigenvalue weighted by Gasteiger charge is 2.15. The zero-order valence-corrected chi connectivity index (χ0v) is 15.6. The first-order valence-corrected chi connectivity index (χ1v) is 8.99. The maximum absolute atomic E-state index is 12.5. The number of carbonyl (C=O) groups is 1. The highest BCUT2D eigenvalue weighted by atomic mass is 32.1. The average Bonchev–Trinajstić information content (AvgIpc) is 3.12. The maximum Gasteiger partial charge on any atom is 0.274 e. The smallest absolute Gasteiger partial charge is 0.274 e. The normalized spacial score (nSPS) is 10.3. The summed E-state index contributed by atoms with van der Waals surface area (Å²) in [7, 11) is 0. The minimum atomic E-state index is -0.322. The fraction of sp³-hybridized carbons (Fsp3) is 0.100. The van der Waals surface area contributed by atoms with Crippen molar-refractivity contribution in [2.24, 2.45) is 0 Å². The van der Waals surface area contributed by atoms with Gasteiger partial charge in [0.15, 0.2) is 0 Å². The molecule has 0 bridgehead atoms. The van der Waals surface area contributed by atoms with Crippen molar-refractivity contribution in [1.29, 1.82) is 10.7 Å². The second kappa shape index (κ2) is 7.40. The summed E-state index contributed by atoms with van der Waals surface area (Å²) >= 11 is 1.31. The van der Waals surface area contributed by atoms with Crippen molar-refractivity contribution in [2.75, 3.05) is 11.1 Å². The van der Waals surface area contributed by atoms with Crippen LogP contribution in [0.3, 0.4) is 0 Å². The van der Waals surface area contributed by atoms with Crippen LogP contribution in [0.25, 0.3) is 0 Å². The third kappa shape index (κ3) is 3.86. The Kier molecular flexibility index (Phi) is 5.01. The second-order valence-electron chi connectivity index (χ2n) is 6.12. The predicted molar refractivity (Wildman–Crippen MR) is 107 cm³/mol. The molecule has 27 heavy (non-hydrogen) atoms. The van der Waals surface area contributed by atoms with Crippen LogP contribution in [-0.4, -0.2) is 16.6 Å². The number of thiophene rings is 1. The van der Waals surface area contributed by atoms with E-state index in [0.29, 0.717) is 33.1 Å². The Morgan fingerprint density at radius 3 is 2.74 bits per heavy atom. The Balaban J connectivity index is 1.88. The van der Waals surface area contributed by atoms with Gasteiger partial charge in [0, 0.05) is 28.5 Å². The summed E-state index contributed by atoms with van der Waals surface area (Å²) in [5, 5.41) is 21.9. The summed E-state index contributed by atoms with van der Waals surface area (Å²) < 4.78 is 0. The lowest BCUT2D eigenvalue weighted by molar-refractivity contribution is 0.102. The number of rotatable bonds is 4. The van der Waals surface area contributed by atoms with Crippen LogP contribution in [0.15, 0.2) is 41.9 Å². The van der Waals surface area contributed by atoms with E-state index in [1.165, 1.54) is 11.3 Å². The number of nitrogens with one attached hydrogen (secondary N) is 2. The highest BCUT2D eigenvalue weighted by molar-refractivity contribution is 7.12. The number of aryl methyl sites for hydroxylation is 2. The first-order chi connectivity index (χ1) is 12.9. The van der Waals surface area contributed by atoms with E-state index in [1.807, 2.05) is 19.9 Å². The van der Waals surface area contributed by atoms with Gasteiger partial charge >= 0.3 is 0 Å². The number of aromatic nitrogens is 1. The fourth-order valence-electron chi connectivity index (χ4n) is 2.65. The molecule has 2 heterocycles. The van der Waals surface area contributed by atoms with E-state index in [4.69, 9.17) is 16.4 Å². The molecule has 0 spiro atoms. The molecule has 0 saturated heterocycles. The fourth-order valence-corrected chi connectivity index (χ4v) is 3.45. The molecule has 0 unspecified atom stereocenters. The molecule has 134 valence electrons. The minimum Gasteiger partial charge on any atom is -0.398 e. The number of amides is 1. The number of carbonyl (C=O) groups excluding carboxylic acids is 1. The van der Waals surface area contributed by atoms with Crippen LogP contribution in [0, 0.1) is 30.6 Å². The van der Waals surface area contributed by atoms with E-state index in [0.717, 1.165) is 11.1 Å². The summed E-state index contributed by atoms with van der Waals surface area (Å²) in [6, 6.07) is 10.6. The molecule has 0 aliphatic heterocycles. The summed E-state index contributed by atoms with van der Waals surface area (Å²) in [5.74, 6) is -0.322. The van der Waals surface area contributed by atoms with Crippen LogP contribution >= 0.6 is 11.3 Å². The molecule has 1 aromatic carbocycles. The zero-order valence-electron chi connectivity index (χ0n) is 14.8. The zero-order chi connectivity index (χ0) is 19.6. The molecule has 0 radical (unpaired) electrons. The number of nitrogen functional groups attached to an aromatic ring is 1. The number of nitrogens with two attached hydrogens (primary N) is 1. The molecule has 6 nitrogen and oxygen atoms in total. The van der Waals surface area contributed by atoms with Crippen LogP contribution in [0.5, 0.6) is 0 Å². The van der Waals surface area contributed by atoms with Gasteiger partial charge in [0.1, 0.15) is 11.8 Å². The minimum absolute atomic E-state index is 0.208. The summed E-state index contributed by atoms with van der Waals surface area (Å²) in [4.78, 5) is 17.4. The number of hydrogen-bond acceptors (Lipinski definition) is 6. The van der Waals surface area contributed by atoms with Gasteiger partial charge in [-0.3, -0.25) is 15.2 Å². The van der Waals surface area contributed by atoms with Gasteiger partial charge in [0.2, 0.25) is 0 Å². The van der Waals surface area contributed by atoms with Crippen molar-refractivity contribution in [3.8, 4) is 6.07 Å². The Morgan fingerprint density at radius 2 is 2.07 bits per heavy atom. The summed E-state index contributed by atoms with van der Waals surface area (Å²) in [6.07, 6.45) is 1.65. The van der Waals surface area contributed by atoms with Gasteiger partial charge in [0.05, 0.1) is 16.2 Å². The van der Waals surface area contributed by atoms with Crippen LogP contribution in [0.1, 0.15) is 37.6 Å². The van der Waals surface area contributed by atoms with Gasteiger partial charge in [0.25, 0.3) is 5.91 Å². The van der Waals surface area contributed by atoms with Gasteiger partial charge in [-0.15, -0.1) is 11.3 Å². The molecule has 0 aliphatic carbocycles. The third-order valence-electron chi connectivity index (χ3n) is 3.99. The number of hydrogen-bond donors (Lipinski definition) is 3. The topological polar surface area (TPSA) is 116 Å². The van der Waals surface area contributed by atoms with Crippen LogP contribution in [-0.2, 0) is 0 Å². The monoisotopic (exact) mass is 375 g/mol. The van der Waals surface area contributed by atoms with Crippen LogP contribution in [0.2, 0.25) is 0 Å².